The van der Waals surface area contributed by atoms with E-state index in [0.29, 0.717) is 29.4 Å². The predicted molar refractivity (Wildman–Crippen MR) is 101 cm³/mol. The van der Waals surface area contributed by atoms with Crippen LogP contribution in [0.3, 0.4) is 0 Å². The summed E-state index contributed by atoms with van der Waals surface area (Å²) in [5, 5.41) is 12.1. The molecule has 0 spiro atoms. The zero-order valence-corrected chi connectivity index (χ0v) is 15.4. The molecule has 136 valence electrons. The highest BCUT2D eigenvalue weighted by Crippen LogP contribution is 2.23. The smallest absolute Gasteiger partial charge is 0.265 e. The number of carbonyl (C=O) groups is 1. The first-order valence-corrected chi connectivity index (χ1v) is 8.74. The van der Waals surface area contributed by atoms with Crippen molar-refractivity contribution in [1.29, 1.82) is 5.26 Å². The van der Waals surface area contributed by atoms with Crippen molar-refractivity contribution in [3.63, 3.8) is 0 Å². The van der Waals surface area contributed by atoms with Gasteiger partial charge in [0.25, 0.3) is 5.91 Å². The average molecular weight is 352 g/mol. The molecule has 0 saturated carbocycles. The number of hydrogen-bond donors (Lipinski definition) is 1. The average Bonchev–Trinajstić information content (AvgIpc) is 2.64. The first-order valence-electron chi connectivity index (χ1n) is 8.74. The molecule has 2 aromatic carbocycles. The summed E-state index contributed by atoms with van der Waals surface area (Å²) in [6, 6.07) is 16.3. The van der Waals surface area contributed by atoms with E-state index >= 15 is 0 Å². The summed E-state index contributed by atoms with van der Waals surface area (Å²) < 4.78 is 11.5. The lowest BCUT2D eigenvalue weighted by molar-refractivity contribution is -0.124. The minimum absolute atomic E-state index is 0.0683. The minimum Gasteiger partial charge on any atom is -0.494 e. The van der Waals surface area contributed by atoms with Crippen molar-refractivity contribution in [2.75, 3.05) is 11.9 Å². The Morgan fingerprint density at radius 1 is 1.19 bits per heavy atom. The fourth-order valence-corrected chi connectivity index (χ4v) is 2.39. The number of para-hydroxylation sites is 1. The Labute approximate surface area is 154 Å². The van der Waals surface area contributed by atoms with Gasteiger partial charge in [-0.25, -0.2) is 0 Å². The van der Waals surface area contributed by atoms with Crippen LogP contribution < -0.4 is 14.8 Å². The van der Waals surface area contributed by atoms with Crippen LogP contribution in [0, 0.1) is 17.2 Å². The highest BCUT2D eigenvalue weighted by molar-refractivity contribution is 5.94. The van der Waals surface area contributed by atoms with Crippen molar-refractivity contribution in [3.8, 4) is 17.6 Å². The molecule has 0 aliphatic rings. The number of amides is 1. The molecular formula is C21H24N2O3. The monoisotopic (exact) mass is 352 g/mol. The van der Waals surface area contributed by atoms with Gasteiger partial charge in [0.15, 0.2) is 6.10 Å². The third-order valence-electron chi connectivity index (χ3n) is 3.70. The minimum atomic E-state index is -0.718. The molecule has 5 nitrogen and oxygen atoms in total. The van der Waals surface area contributed by atoms with Gasteiger partial charge in [0.1, 0.15) is 17.6 Å². The first-order chi connectivity index (χ1) is 12.5. The van der Waals surface area contributed by atoms with Gasteiger partial charge in [0, 0.05) is 11.8 Å². The lowest BCUT2D eigenvalue weighted by atomic mass is 10.1. The number of rotatable bonds is 8. The van der Waals surface area contributed by atoms with Gasteiger partial charge < -0.3 is 14.8 Å². The van der Waals surface area contributed by atoms with E-state index in [1.165, 1.54) is 0 Å². The fourth-order valence-electron chi connectivity index (χ4n) is 2.39. The number of anilines is 1. The molecule has 1 atom stereocenters. The van der Waals surface area contributed by atoms with E-state index in [9.17, 15) is 10.1 Å². The normalized spacial score (nSPS) is 11.5. The standard InChI is InChI=1S/C21H24N2O3/c1-4-12-25-18-10-7-9-17(13-18)23-21(24)20(15(2)3)26-19-11-6-5-8-16(19)14-22/h5-11,13,15,20H,4,12H2,1-3H3,(H,23,24). The molecule has 0 aromatic heterocycles. The zero-order chi connectivity index (χ0) is 18.9. The van der Waals surface area contributed by atoms with Crippen LogP contribution in [0.25, 0.3) is 0 Å². The van der Waals surface area contributed by atoms with Crippen LogP contribution in [-0.4, -0.2) is 18.6 Å². The van der Waals surface area contributed by atoms with Gasteiger partial charge in [-0.15, -0.1) is 0 Å². The summed E-state index contributed by atoms with van der Waals surface area (Å²) in [5.41, 5.74) is 1.05. The number of nitriles is 1. The highest BCUT2D eigenvalue weighted by atomic mass is 16.5. The quantitative estimate of drug-likeness (QED) is 0.765. The largest absolute Gasteiger partial charge is 0.494 e. The van der Waals surface area contributed by atoms with Crippen molar-refractivity contribution in [2.24, 2.45) is 5.92 Å². The van der Waals surface area contributed by atoms with E-state index in [1.54, 1.807) is 36.4 Å². The molecule has 2 aromatic rings. The van der Waals surface area contributed by atoms with Crippen LogP contribution in [0.5, 0.6) is 11.5 Å². The van der Waals surface area contributed by atoms with Gasteiger partial charge >= 0.3 is 0 Å². The molecule has 26 heavy (non-hydrogen) atoms. The summed E-state index contributed by atoms with van der Waals surface area (Å²) in [6.45, 7) is 6.47. The second-order valence-corrected chi connectivity index (χ2v) is 6.26. The fraction of sp³-hybridized carbons (Fsp3) is 0.333. The van der Waals surface area contributed by atoms with E-state index in [2.05, 4.69) is 11.4 Å². The molecule has 1 unspecified atom stereocenters. The zero-order valence-electron chi connectivity index (χ0n) is 15.4. The van der Waals surface area contributed by atoms with E-state index < -0.39 is 6.10 Å². The predicted octanol–water partition coefficient (Wildman–Crippen LogP) is 4.39. The van der Waals surface area contributed by atoms with Crippen molar-refractivity contribution < 1.29 is 14.3 Å². The molecule has 0 radical (unpaired) electrons. The van der Waals surface area contributed by atoms with Gasteiger partial charge in [0.05, 0.1) is 12.2 Å². The maximum absolute atomic E-state index is 12.7. The molecule has 5 heteroatoms. The van der Waals surface area contributed by atoms with Crippen molar-refractivity contribution in [2.45, 2.75) is 33.3 Å². The van der Waals surface area contributed by atoms with Crippen LogP contribution in [0.2, 0.25) is 0 Å². The van der Waals surface area contributed by atoms with E-state index in [0.717, 1.165) is 6.42 Å². The molecule has 0 saturated heterocycles. The van der Waals surface area contributed by atoms with Crippen LogP contribution in [0.1, 0.15) is 32.8 Å². The molecule has 2 rings (SSSR count). The molecule has 0 heterocycles. The number of benzene rings is 2. The Balaban J connectivity index is 2.13. The molecular weight excluding hydrogens is 328 g/mol. The Morgan fingerprint density at radius 2 is 1.96 bits per heavy atom. The summed E-state index contributed by atoms with van der Waals surface area (Å²) in [4.78, 5) is 12.7. The van der Waals surface area contributed by atoms with Crippen LogP contribution in [0.4, 0.5) is 5.69 Å². The van der Waals surface area contributed by atoms with E-state index in [4.69, 9.17) is 9.47 Å². The maximum Gasteiger partial charge on any atom is 0.265 e. The van der Waals surface area contributed by atoms with Gasteiger partial charge in [-0.1, -0.05) is 39.0 Å². The van der Waals surface area contributed by atoms with Gasteiger partial charge in [-0.05, 0) is 36.6 Å². The van der Waals surface area contributed by atoms with Crippen molar-refractivity contribution in [1.82, 2.24) is 0 Å². The number of nitrogens with zero attached hydrogens (tertiary/aromatic N) is 1. The van der Waals surface area contributed by atoms with Crippen molar-refractivity contribution >= 4 is 11.6 Å². The van der Waals surface area contributed by atoms with E-state index in [-0.39, 0.29) is 11.8 Å². The maximum atomic E-state index is 12.7. The molecule has 0 fully saturated rings. The summed E-state index contributed by atoms with van der Waals surface area (Å²) in [6.07, 6.45) is 0.197. The summed E-state index contributed by atoms with van der Waals surface area (Å²) in [5.74, 6) is 0.784. The number of ether oxygens (including phenoxy) is 2. The molecule has 1 N–H and O–H groups in total. The Morgan fingerprint density at radius 3 is 2.65 bits per heavy atom. The molecule has 0 aliphatic carbocycles. The van der Waals surface area contributed by atoms with Crippen LogP contribution >= 0.6 is 0 Å². The molecule has 0 aliphatic heterocycles. The van der Waals surface area contributed by atoms with Gasteiger partial charge in [0.2, 0.25) is 0 Å². The topological polar surface area (TPSA) is 71.3 Å². The Hall–Kier alpha value is -3.00. The second-order valence-electron chi connectivity index (χ2n) is 6.26. The number of carbonyl (C=O) groups excluding carboxylic acids is 1. The Kier molecular flexibility index (Phi) is 7.04. The van der Waals surface area contributed by atoms with E-state index in [1.807, 2.05) is 32.9 Å². The first kappa shape index (κ1) is 19.3. The number of hydrogen-bond acceptors (Lipinski definition) is 4. The summed E-state index contributed by atoms with van der Waals surface area (Å²) in [7, 11) is 0. The lowest BCUT2D eigenvalue weighted by Crippen LogP contribution is -2.37. The SMILES string of the molecule is CCCOc1cccc(NC(=O)C(Oc2ccccc2C#N)C(C)C)c1. The lowest BCUT2D eigenvalue weighted by Gasteiger charge is -2.22. The highest BCUT2D eigenvalue weighted by Gasteiger charge is 2.25. The third kappa shape index (κ3) is 5.25. The van der Waals surface area contributed by atoms with Gasteiger partial charge in [-0.2, -0.15) is 5.26 Å². The van der Waals surface area contributed by atoms with Crippen molar-refractivity contribution in [3.05, 3.63) is 54.1 Å². The van der Waals surface area contributed by atoms with Crippen LogP contribution in [0.15, 0.2) is 48.5 Å². The number of nitrogens with one attached hydrogen (secondary N) is 1. The van der Waals surface area contributed by atoms with Gasteiger partial charge in [-0.3, -0.25) is 4.79 Å². The summed E-state index contributed by atoms with van der Waals surface area (Å²) >= 11 is 0. The van der Waals surface area contributed by atoms with Crippen LogP contribution in [-0.2, 0) is 4.79 Å². The molecule has 0 bridgehead atoms. The third-order valence-corrected chi connectivity index (χ3v) is 3.70. The molecule has 1 amide bonds. The second kappa shape index (κ2) is 9.47. The Bertz CT molecular complexity index is 781.